The molecular formula is C39H21F9N2O7. The summed E-state index contributed by atoms with van der Waals surface area (Å²) in [5.74, 6) is -5.96. The molecular weight excluding hydrogens is 779 g/mol. The Bertz CT molecular complexity index is 2550. The second kappa shape index (κ2) is 13.4. The molecule has 0 N–H and O–H groups in total. The third-order valence-electron chi connectivity index (χ3n) is 8.69. The van der Waals surface area contributed by atoms with Crippen molar-refractivity contribution in [2.45, 2.75) is 25.5 Å². The highest BCUT2D eigenvalue weighted by Crippen LogP contribution is 2.43. The van der Waals surface area contributed by atoms with E-state index in [0.717, 1.165) is 35.2 Å². The van der Waals surface area contributed by atoms with Crippen LogP contribution in [0.25, 0.3) is 0 Å². The Hall–Kier alpha value is -6.85. The number of fused-ring (bicyclic) bond motifs is 2. The fourth-order valence-electron chi connectivity index (χ4n) is 6.09. The molecule has 18 heteroatoms. The van der Waals surface area contributed by atoms with E-state index in [1.54, 1.807) is 0 Å². The van der Waals surface area contributed by atoms with E-state index in [1.165, 1.54) is 44.3 Å². The van der Waals surface area contributed by atoms with Gasteiger partial charge in [0, 0.05) is 19.2 Å². The molecule has 0 spiro atoms. The third kappa shape index (κ3) is 7.44. The number of alkyl halides is 9. The number of anilines is 1. The van der Waals surface area contributed by atoms with Gasteiger partial charge in [0.1, 0.15) is 34.5 Å². The molecule has 0 unspecified atom stereocenters. The number of ether oxygens (including phenoxy) is 3. The lowest BCUT2D eigenvalue weighted by Gasteiger charge is -2.19. The molecule has 2 aliphatic rings. The van der Waals surface area contributed by atoms with Crippen molar-refractivity contribution in [3.05, 3.63) is 136 Å². The zero-order valence-corrected chi connectivity index (χ0v) is 28.8. The van der Waals surface area contributed by atoms with Crippen molar-refractivity contribution in [1.29, 1.82) is 0 Å². The zero-order valence-electron chi connectivity index (χ0n) is 28.8. The topological polar surface area (TPSA) is 102 Å². The molecule has 0 aromatic heterocycles. The van der Waals surface area contributed by atoms with E-state index in [1.807, 2.05) is 0 Å². The molecule has 292 valence electrons. The highest BCUT2D eigenvalue weighted by atomic mass is 19.4. The highest BCUT2D eigenvalue weighted by molar-refractivity contribution is 6.34. The monoisotopic (exact) mass is 800 g/mol. The van der Waals surface area contributed by atoms with Crippen molar-refractivity contribution in [1.82, 2.24) is 4.90 Å². The number of aryl methyl sites for hydroxylation is 1. The minimum atomic E-state index is -5.13. The summed E-state index contributed by atoms with van der Waals surface area (Å²) in [6, 6.07) is 13.3. The standard InChI is InChI=1S/C39H21F9N2O7/c1-18-7-19(37(40,41)42)10-25(8-18)56-27-12-21(39(46,47)48)13-28(15-27)57-26-11-20(38(43,44)45)9-22(14-26)50-35(53)30-6-4-24(17-32(30)36(50)54)55-23-3-5-29-31(16-23)34(52)49(2)33(29)51/h3-17H,1-2H3. The van der Waals surface area contributed by atoms with E-state index >= 15 is 0 Å². The average Bonchev–Trinajstić information content (AvgIpc) is 3.49. The average molecular weight is 801 g/mol. The first-order valence-corrected chi connectivity index (χ1v) is 16.2. The number of rotatable bonds is 7. The maximum absolute atomic E-state index is 14.2. The molecule has 9 nitrogen and oxygen atoms in total. The van der Waals surface area contributed by atoms with Gasteiger partial charge >= 0.3 is 18.5 Å². The SMILES string of the molecule is Cc1cc(Oc2cc(Oc3cc(N4C(=O)c5ccc(Oc6ccc7c(c6)C(=O)N(C)C7=O)cc5C4=O)cc(C(F)(F)F)c3)cc(C(F)(F)F)c2)cc(C(F)(F)F)c1. The lowest BCUT2D eigenvalue weighted by atomic mass is 10.1. The summed E-state index contributed by atoms with van der Waals surface area (Å²) < 4.78 is 141. The van der Waals surface area contributed by atoms with E-state index in [-0.39, 0.29) is 39.3 Å². The summed E-state index contributed by atoms with van der Waals surface area (Å²) in [6.07, 6.45) is -15.0. The Morgan fingerprint density at radius 2 is 0.807 bits per heavy atom. The molecule has 0 bridgehead atoms. The van der Waals surface area contributed by atoms with Gasteiger partial charge in [0.2, 0.25) is 0 Å². The van der Waals surface area contributed by atoms with Gasteiger partial charge in [-0.3, -0.25) is 24.1 Å². The lowest BCUT2D eigenvalue weighted by Crippen LogP contribution is -2.29. The van der Waals surface area contributed by atoms with E-state index in [2.05, 4.69) is 0 Å². The second-order valence-corrected chi connectivity index (χ2v) is 12.8. The van der Waals surface area contributed by atoms with Crippen LogP contribution in [0.2, 0.25) is 0 Å². The molecule has 0 saturated carbocycles. The Kier molecular flexibility index (Phi) is 9.05. The maximum atomic E-state index is 14.2. The smallest absolute Gasteiger partial charge is 0.416 e. The number of carbonyl (C=O) groups excluding carboxylic acids is 4. The van der Waals surface area contributed by atoms with E-state index in [0.29, 0.717) is 35.2 Å². The van der Waals surface area contributed by atoms with Crippen LogP contribution in [0.3, 0.4) is 0 Å². The minimum absolute atomic E-state index is 0.0299. The number of hydrogen-bond donors (Lipinski definition) is 0. The Labute approximate surface area is 314 Å². The van der Waals surface area contributed by atoms with Crippen molar-refractivity contribution in [3.63, 3.8) is 0 Å². The molecule has 5 aromatic carbocycles. The second-order valence-electron chi connectivity index (χ2n) is 12.8. The van der Waals surface area contributed by atoms with Crippen molar-refractivity contribution < 1.29 is 72.9 Å². The van der Waals surface area contributed by atoms with Crippen LogP contribution < -0.4 is 19.1 Å². The Balaban J connectivity index is 1.20. The third-order valence-corrected chi connectivity index (χ3v) is 8.69. The number of amides is 4. The van der Waals surface area contributed by atoms with Gasteiger partial charge < -0.3 is 14.2 Å². The summed E-state index contributed by atoms with van der Waals surface area (Å²) in [4.78, 5) is 53.0. The largest absolute Gasteiger partial charge is 0.457 e. The van der Waals surface area contributed by atoms with Crippen LogP contribution in [0.15, 0.2) is 91.0 Å². The normalized spacial score (nSPS) is 14.3. The van der Waals surface area contributed by atoms with Crippen LogP contribution in [0.4, 0.5) is 45.2 Å². The van der Waals surface area contributed by atoms with Crippen molar-refractivity contribution in [2.75, 3.05) is 11.9 Å². The van der Waals surface area contributed by atoms with Gasteiger partial charge in [0.05, 0.1) is 44.6 Å². The van der Waals surface area contributed by atoms with E-state index < -0.39 is 87.5 Å². The van der Waals surface area contributed by atoms with Gasteiger partial charge in [-0.15, -0.1) is 0 Å². The number of nitrogens with zero attached hydrogens (tertiary/aromatic N) is 2. The summed E-state index contributed by atoms with van der Waals surface area (Å²) in [7, 11) is 1.30. The maximum Gasteiger partial charge on any atom is 0.416 e. The first-order chi connectivity index (χ1) is 26.6. The number of hydrogen-bond acceptors (Lipinski definition) is 7. The van der Waals surface area contributed by atoms with E-state index in [4.69, 9.17) is 14.2 Å². The minimum Gasteiger partial charge on any atom is -0.457 e. The molecule has 4 amide bonds. The Morgan fingerprint density at radius 3 is 1.33 bits per heavy atom. The number of halogens is 9. The van der Waals surface area contributed by atoms with Crippen LogP contribution >= 0.6 is 0 Å². The zero-order chi connectivity index (χ0) is 41.4. The molecule has 0 atom stereocenters. The first-order valence-electron chi connectivity index (χ1n) is 16.2. The molecule has 5 aromatic rings. The summed E-state index contributed by atoms with van der Waals surface area (Å²) >= 11 is 0. The van der Waals surface area contributed by atoms with Crippen LogP contribution in [0, 0.1) is 6.92 Å². The summed E-state index contributed by atoms with van der Waals surface area (Å²) in [5.41, 5.74) is -5.02. The summed E-state index contributed by atoms with van der Waals surface area (Å²) in [5, 5.41) is 0. The molecule has 0 saturated heterocycles. The fraction of sp³-hybridized carbons (Fsp3) is 0.128. The predicted molar refractivity (Wildman–Crippen MR) is 180 cm³/mol. The van der Waals surface area contributed by atoms with Crippen molar-refractivity contribution >= 4 is 29.3 Å². The molecule has 0 fully saturated rings. The summed E-state index contributed by atoms with van der Waals surface area (Å²) in [6.45, 7) is 1.29. The quantitative estimate of drug-likeness (QED) is 0.119. The van der Waals surface area contributed by atoms with Gasteiger partial charge in [0.25, 0.3) is 23.6 Å². The number of imide groups is 2. The molecule has 7 rings (SSSR count). The molecule has 57 heavy (non-hydrogen) atoms. The van der Waals surface area contributed by atoms with Gasteiger partial charge in [-0.1, -0.05) is 0 Å². The van der Waals surface area contributed by atoms with Crippen LogP contribution in [0.1, 0.15) is 63.7 Å². The molecule has 2 aliphatic heterocycles. The predicted octanol–water partition coefficient (Wildman–Crippen LogP) is 10.5. The van der Waals surface area contributed by atoms with Crippen molar-refractivity contribution in [2.24, 2.45) is 0 Å². The fourth-order valence-corrected chi connectivity index (χ4v) is 6.09. The number of benzene rings is 5. The van der Waals surface area contributed by atoms with Gasteiger partial charge in [0.15, 0.2) is 0 Å². The van der Waals surface area contributed by atoms with Gasteiger partial charge in [-0.05, 0) is 91.3 Å². The van der Waals surface area contributed by atoms with Gasteiger partial charge in [-0.25, -0.2) is 4.90 Å². The molecule has 0 aliphatic carbocycles. The van der Waals surface area contributed by atoms with Crippen molar-refractivity contribution in [3.8, 4) is 34.5 Å². The molecule has 2 heterocycles. The van der Waals surface area contributed by atoms with E-state index in [9.17, 15) is 58.7 Å². The Morgan fingerprint density at radius 1 is 0.421 bits per heavy atom. The highest BCUT2D eigenvalue weighted by Gasteiger charge is 2.40. The number of carbonyl (C=O) groups is 4. The van der Waals surface area contributed by atoms with Crippen LogP contribution in [0.5, 0.6) is 34.5 Å². The van der Waals surface area contributed by atoms with Gasteiger partial charge in [-0.2, -0.15) is 39.5 Å². The first kappa shape index (κ1) is 38.4. The lowest BCUT2D eigenvalue weighted by molar-refractivity contribution is -0.138. The van der Waals surface area contributed by atoms with Crippen LogP contribution in [-0.2, 0) is 18.5 Å². The molecule has 0 radical (unpaired) electrons. The van der Waals surface area contributed by atoms with Crippen LogP contribution in [-0.4, -0.2) is 35.6 Å².